The van der Waals surface area contributed by atoms with Gasteiger partial charge in [-0.15, -0.1) is 0 Å². The fourth-order valence-electron chi connectivity index (χ4n) is 0.435. The first-order chi connectivity index (χ1) is 3.83. The molecule has 0 aliphatic carbocycles. The van der Waals surface area contributed by atoms with Gasteiger partial charge in [0.2, 0.25) is 5.91 Å². The molecule has 0 fully saturated rings. The van der Waals surface area contributed by atoms with Crippen molar-refractivity contribution in [3.05, 3.63) is 17.8 Å². The number of nitrogens with one attached hydrogen (secondary N) is 1. The van der Waals surface area contributed by atoms with Crippen LogP contribution in [0.5, 0.6) is 0 Å². The molecule has 0 aromatic carbocycles. The van der Waals surface area contributed by atoms with E-state index in [-0.39, 0.29) is 11.6 Å². The molecule has 0 saturated carbocycles. The van der Waals surface area contributed by atoms with Gasteiger partial charge in [0.1, 0.15) is 5.70 Å². The lowest BCUT2D eigenvalue weighted by Gasteiger charge is -1.83. The Kier molecular flexibility index (Phi) is 0.985. The average molecular weight is 109 g/mol. The molecule has 0 radical (unpaired) electrons. The SMILES string of the molecule is O=C=C1C=CC(=O)N1. The van der Waals surface area contributed by atoms with Gasteiger partial charge in [0.05, 0.1) is 0 Å². The summed E-state index contributed by atoms with van der Waals surface area (Å²) in [5, 5.41) is 2.25. The molecule has 8 heavy (non-hydrogen) atoms. The molecule has 1 aliphatic heterocycles. The van der Waals surface area contributed by atoms with E-state index in [1.165, 1.54) is 12.2 Å². The molecule has 0 bridgehead atoms. The van der Waals surface area contributed by atoms with Crippen molar-refractivity contribution in [3.8, 4) is 0 Å². The molecule has 1 aliphatic rings. The molecule has 1 N–H and O–H groups in total. The van der Waals surface area contributed by atoms with Gasteiger partial charge in [-0.05, 0) is 6.08 Å². The van der Waals surface area contributed by atoms with E-state index in [1.807, 2.05) is 0 Å². The second kappa shape index (κ2) is 1.64. The molecular formula is C5H3NO2. The van der Waals surface area contributed by atoms with Crippen molar-refractivity contribution >= 4 is 11.8 Å². The van der Waals surface area contributed by atoms with E-state index in [4.69, 9.17) is 0 Å². The Morgan fingerprint density at radius 2 is 2.25 bits per heavy atom. The fraction of sp³-hybridized carbons (Fsp3) is 0. The van der Waals surface area contributed by atoms with E-state index >= 15 is 0 Å². The summed E-state index contributed by atoms with van der Waals surface area (Å²) in [7, 11) is 0. The predicted molar refractivity (Wildman–Crippen MR) is 26.5 cm³/mol. The first-order valence-corrected chi connectivity index (χ1v) is 2.07. The van der Waals surface area contributed by atoms with Crippen LogP contribution in [0, 0.1) is 0 Å². The summed E-state index contributed by atoms with van der Waals surface area (Å²) in [5.74, 6) is 1.28. The zero-order chi connectivity index (χ0) is 5.98. The van der Waals surface area contributed by atoms with Crippen LogP contribution in [0.2, 0.25) is 0 Å². The first kappa shape index (κ1) is 4.81. The third kappa shape index (κ3) is 0.669. The second-order valence-electron chi connectivity index (χ2n) is 1.34. The largest absolute Gasteiger partial charge is 0.313 e. The van der Waals surface area contributed by atoms with E-state index in [9.17, 15) is 9.59 Å². The molecule has 3 nitrogen and oxygen atoms in total. The zero-order valence-corrected chi connectivity index (χ0v) is 3.97. The highest BCUT2D eigenvalue weighted by Crippen LogP contribution is 1.93. The van der Waals surface area contributed by atoms with E-state index in [2.05, 4.69) is 5.32 Å². The van der Waals surface area contributed by atoms with Crippen molar-refractivity contribution in [2.75, 3.05) is 0 Å². The molecular weight excluding hydrogens is 106 g/mol. The minimum Gasteiger partial charge on any atom is -0.313 e. The Morgan fingerprint density at radius 1 is 1.50 bits per heavy atom. The molecule has 0 aromatic rings. The van der Waals surface area contributed by atoms with Crippen LogP contribution in [-0.4, -0.2) is 11.8 Å². The van der Waals surface area contributed by atoms with Gasteiger partial charge in [-0.25, -0.2) is 4.79 Å². The van der Waals surface area contributed by atoms with E-state index in [0.717, 1.165) is 0 Å². The number of hydrogen-bond donors (Lipinski definition) is 1. The van der Waals surface area contributed by atoms with Gasteiger partial charge in [-0.1, -0.05) is 0 Å². The number of hydrogen-bond acceptors (Lipinski definition) is 2. The summed E-state index contributed by atoms with van der Waals surface area (Å²) in [6.07, 6.45) is 2.66. The Bertz CT molecular complexity index is 198. The van der Waals surface area contributed by atoms with Crippen LogP contribution in [0.3, 0.4) is 0 Å². The minimum atomic E-state index is -0.261. The Labute approximate surface area is 45.7 Å². The highest BCUT2D eigenvalue weighted by molar-refractivity contribution is 5.95. The lowest BCUT2D eigenvalue weighted by molar-refractivity contribution is -0.115. The zero-order valence-electron chi connectivity index (χ0n) is 3.97. The third-order valence-corrected chi connectivity index (χ3v) is 0.769. The summed E-state index contributed by atoms with van der Waals surface area (Å²) in [6, 6.07) is 0. The molecule has 0 atom stereocenters. The topological polar surface area (TPSA) is 46.2 Å². The maximum atomic E-state index is 10.2. The number of carbonyl (C=O) groups excluding carboxylic acids is 2. The summed E-state index contributed by atoms with van der Waals surface area (Å²) in [4.78, 5) is 19.9. The molecule has 1 rings (SSSR count). The summed E-state index contributed by atoms with van der Waals surface area (Å²) in [5.41, 5.74) is 0.204. The molecule has 0 spiro atoms. The van der Waals surface area contributed by atoms with Crippen LogP contribution < -0.4 is 5.32 Å². The normalized spacial score (nSPS) is 16.0. The van der Waals surface area contributed by atoms with Gasteiger partial charge in [-0.2, -0.15) is 0 Å². The first-order valence-electron chi connectivity index (χ1n) is 2.07. The lowest BCUT2D eigenvalue weighted by atomic mass is 10.5. The molecule has 40 valence electrons. The summed E-state index contributed by atoms with van der Waals surface area (Å²) in [6.45, 7) is 0. The molecule has 1 amide bonds. The van der Waals surface area contributed by atoms with Gasteiger partial charge in [0, 0.05) is 6.08 Å². The molecule has 0 saturated heterocycles. The standard InChI is InChI=1S/C5H3NO2/c7-3-4-1-2-5(8)6-4/h1-2H,(H,6,8). The van der Waals surface area contributed by atoms with Gasteiger partial charge in [-0.3, -0.25) is 4.79 Å². The van der Waals surface area contributed by atoms with Gasteiger partial charge >= 0.3 is 0 Å². The van der Waals surface area contributed by atoms with Gasteiger partial charge in [0.25, 0.3) is 0 Å². The van der Waals surface area contributed by atoms with Crippen LogP contribution in [0.4, 0.5) is 0 Å². The summed E-state index contributed by atoms with van der Waals surface area (Å²) >= 11 is 0. The quantitative estimate of drug-likeness (QED) is 0.422. The number of carbonyl (C=O) groups is 1. The second-order valence-corrected chi connectivity index (χ2v) is 1.34. The molecule has 0 aromatic heterocycles. The molecule has 0 unspecified atom stereocenters. The Balaban J connectivity index is 2.88. The van der Waals surface area contributed by atoms with Crippen molar-refractivity contribution in [1.82, 2.24) is 5.32 Å². The van der Waals surface area contributed by atoms with E-state index in [0.29, 0.717) is 0 Å². The van der Waals surface area contributed by atoms with Crippen LogP contribution in [0.1, 0.15) is 0 Å². The monoisotopic (exact) mass is 109 g/mol. The Hall–Kier alpha value is -1.34. The van der Waals surface area contributed by atoms with E-state index < -0.39 is 0 Å². The van der Waals surface area contributed by atoms with Crippen molar-refractivity contribution < 1.29 is 9.59 Å². The van der Waals surface area contributed by atoms with Crippen molar-refractivity contribution in [3.63, 3.8) is 0 Å². The van der Waals surface area contributed by atoms with Crippen molar-refractivity contribution in [2.45, 2.75) is 0 Å². The van der Waals surface area contributed by atoms with Crippen LogP contribution in [0.25, 0.3) is 0 Å². The van der Waals surface area contributed by atoms with Crippen molar-refractivity contribution in [2.24, 2.45) is 0 Å². The highest BCUT2D eigenvalue weighted by atomic mass is 16.2. The van der Waals surface area contributed by atoms with Crippen LogP contribution >= 0.6 is 0 Å². The molecule has 1 heterocycles. The maximum Gasteiger partial charge on any atom is 0.249 e. The predicted octanol–water partition coefficient (Wildman–Crippen LogP) is -0.612. The third-order valence-electron chi connectivity index (χ3n) is 0.769. The smallest absolute Gasteiger partial charge is 0.249 e. The number of amides is 1. The van der Waals surface area contributed by atoms with Crippen LogP contribution in [0.15, 0.2) is 17.8 Å². The van der Waals surface area contributed by atoms with E-state index in [1.54, 1.807) is 5.94 Å². The average Bonchev–Trinajstić information content (AvgIpc) is 2.14. The number of allylic oxidation sites excluding steroid dienone is 1. The maximum absolute atomic E-state index is 10.2. The van der Waals surface area contributed by atoms with Gasteiger partial charge in [0.15, 0.2) is 5.94 Å². The van der Waals surface area contributed by atoms with Gasteiger partial charge < -0.3 is 5.32 Å². The highest BCUT2D eigenvalue weighted by Gasteiger charge is 2.04. The minimum absolute atomic E-state index is 0.204. The number of rotatable bonds is 0. The van der Waals surface area contributed by atoms with Crippen LogP contribution in [-0.2, 0) is 9.59 Å². The lowest BCUT2D eigenvalue weighted by Crippen LogP contribution is -2.12. The fourth-order valence-corrected chi connectivity index (χ4v) is 0.435. The summed E-state index contributed by atoms with van der Waals surface area (Å²) < 4.78 is 0. The van der Waals surface area contributed by atoms with Crippen molar-refractivity contribution in [1.29, 1.82) is 0 Å². The molecule has 3 heteroatoms. The Morgan fingerprint density at radius 3 is 2.50 bits per heavy atom.